The first-order valence-electron chi connectivity index (χ1n) is 4.97. The van der Waals surface area contributed by atoms with Crippen LogP contribution in [0.3, 0.4) is 0 Å². The van der Waals surface area contributed by atoms with Crippen LogP contribution < -0.4 is 5.73 Å². The summed E-state index contributed by atoms with van der Waals surface area (Å²) >= 11 is 2.37. The van der Waals surface area contributed by atoms with Gasteiger partial charge in [-0.25, -0.2) is 13.8 Å². The van der Waals surface area contributed by atoms with E-state index in [0.29, 0.717) is 4.34 Å². The summed E-state index contributed by atoms with van der Waals surface area (Å²) in [5, 5.41) is 1.88. The Morgan fingerprint density at radius 1 is 1.35 bits per heavy atom. The van der Waals surface area contributed by atoms with Gasteiger partial charge in [-0.2, -0.15) is 0 Å². The molecule has 17 heavy (non-hydrogen) atoms. The second-order valence-corrected chi connectivity index (χ2v) is 5.49. The summed E-state index contributed by atoms with van der Waals surface area (Å²) in [6, 6.07) is 2.22. The maximum absolute atomic E-state index is 13.5. The number of anilines is 1. The van der Waals surface area contributed by atoms with E-state index >= 15 is 0 Å². The summed E-state index contributed by atoms with van der Waals surface area (Å²) < 4.78 is 27.7. The third-order valence-electron chi connectivity index (χ3n) is 2.10. The standard InChI is InChI=1S/C11H10F2N2S2/c1-2-7-5-16-11(15-7)17-10-8(12)3-6(14)4-9(10)13/h3-5H,2,14H2,1H3. The molecule has 0 unspecified atom stereocenters. The van der Waals surface area contributed by atoms with Gasteiger partial charge >= 0.3 is 0 Å². The van der Waals surface area contributed by atoms with Gasteiger partial charge in [0.1, 0.15) is 11.6 Å². The second kappa shape index (κ2) is 5.01. The molecule has 0 radical (unpaired) electrons. The lowest BCUT2D eigenvalue weighted by Gasteiger charge is -2.03. The summed E-state index contributed by atoms with van der Waals surface area (Å²) in [5.74, 6) is -1.30. The Balaban J connectivity index is 2.29. The Bertz CT molecular complexity index is 517. The lowest BCUT2D eigenvalue weighted by atomic mass is 10.3. The van der Waals surface area contributed by atoms with Crippen molar-refractivity contribution in [1.82, 2.24) is 4.98 Å². The summed E-state index contributed by atoms with van der Waals surface area (Å²) in [6.45, 7) is 1.98. The minimum Gasteiger partial charge on any atom is -0.399 e. The number of nitrogens with zero attached hydrogens (tertiary/aromatic N) is 1. The van der Waals surface area contributed by atoms with E-state index in [-0.39, 0.29) is 10.6 Å². The highest BCUT2D eigenvalue weighted by Gasteiger charge is 2.13. The number of halogens is 2. The van der Waals surface area contributed by atoms with Gasteiger partial charge in [-0.3, -0.25) is 0 Å². The number of nitrogen functional groups attached to an aromatic ring is 1. The van der Waals surface area contributed by atoms with Crippen molar-refractivity contribution in [2.24, 2.45) is 0 Å². The lowest BCUT2D eigenvalue weighted by molar-refractivity contribution is 0.542. The third-order valence-corrected chi connectivity index (χ3v) is 4.18. The summed E-state index contributed by atoms with van der Waals surface area (Å²) in [7, 11) is 0. The van der Waals surface area contributed by atoms with Crippen LogP contribution in [-0.2, 0) is 6.42 Å². The molecule has 0 saturated heterocycles. The summed E-state index contributed by atoms with van der Waals surface area (Å²) in [5.41, 5.74) is 6.35. The van der Waals surface area contributed by atoms with Crippen LogP contribution in [0.15, 0.2) is 26.7 Å². The van der Waals surface area contributed by atoms with Gasteiger partial charge in [0.25, 0.3) is 0 Å². The van der Waals surface area contributed by atoms with Crippen molar-refractivity contribution in [3.63, 3.8) is 0 Å². The van der Waals surface area contributed by atoms with Crippen LogP contribution in [0.4, 0.5) is 14.5 Å². The molecule has 0 aliphatic rings. The molecule has 1 aromatic carbocycles. The maximum Gasteiger partial charge on any atom is 0.155 e. The number of hydrogen-bond donors (Lipinski definition) is 1. The number of nitrogens with two attached hydrogens (primary N) is 1. The minimum atomic E-state index is -0.652. The summed E-state index contributed by atoms with van der Waals surface area (Å²) in [4.78, 5) is 4.19. The van der Waals surface area contributed by atoms with Crippen LogP contribution in [0.1, 0.15) is 12.6 Å². The molecule has 0 amide bonds. The predicted molar refractivity (Wildman–Crippen MR) is 66.4 cm³/mol. The fraction of sp³-hybridized carbons (Fsp3) is 0.182. The molecular formula is C11H10F2N2S2. The molecule has 0 bridgehead atoms. The first-order chi connectivity index (χ1) is 8.10. The highest BCUT2D eigenvalue weighted by Crippen LogP contribution is 2.34. The van der Waals surface area contributed by atoms with Crippen molar-refractivity contribution >= 4 is 28.8 Å². The molecule has 0 aliphatic heterocycles. The van der Waals surface area contributed by atoms with E-state index in [1.54, 1.807) is 0 Å². The van der Waals surface area contributed by atoms with Crippen LogP contribution in [0, 0.1) is 11.6 Å². The Kier molecular flexibility index (Phi) is 3.63. The molecule has 0 saturated carbocycles. The Hall–Kier alpha value is -1.14. The highest BCUT2D eigenvalue weighted by atomic mass is 32.2. The van der Waals surface area contributed by atoms with Crippen molar-refractivity contribution in [3.05, 3.63) is 34.8 Å². The zero-order valence-electron chi connectivity index (χ0n) is 9.04. The van der Waals surface area contributed by atoms with Crippen LogP contribution in [0.2, 0.25) is 0 Å². The van der Waals surface area contributed by atoms with E-state index in [0.717, 1.165) is 36.0 Å². The normalized spacial score (nSPS) is 10.8. The number of rotatable bonds is 3. The zero-order valence-corrected chi connectivity index (χ0v) is 10.7. The van der Waals surface area contributed by atoms with Gasteiger partial charge in [0, 0.05) is 11.1 Å². The van der Waals surface area contributed by atoms with Gasteiger partial charge < -0.3 is 5.73 Å². The zero-order chi connectivity index (χ0) is 12.4. The second-order valence-electron chi connectivity index (χ2n) is 3.37. The smallest absolute Gasteiger partial charge is 0.155 e. The molecule has 0 spiro atoms. The van der Waals surface area contributed by atoms with E-state index < -0.39 is 11.6 Å². The molecule has 2 nitrogen and oxygen atoms in total. The number of aryl methyl sites for hydroxylation is 1. The van der Waals surface area contributed by atoms with Gasteiger partial charge in [-0.1, -0.05) is 18.7 Å². The largest absolute Gasteiger partial charge is 0.399 e. The van der Waals surface area contributed by atoms with E-state index in [1.807, 2.05) is 12.3 Å². The van der Waals surface area contributed by atoms with Crippen molar-refractivity contribution in [3.8, 4) is 0 Å². The summed E-state index contributed by atoms with van der Waals surface area (Å²) in [6.07, 6.45) is 0.809. The van der Waals surface area contributed by atoms with Gasteiger partial charge in [0.05, 0.1) is 10.6 Å². The average Bonchev–Trinajstić information content (AvgIpc) is 2.71. The number of benzene rings is 1. The molecule has 90 valence electrons. The average molecular weight is 272 g/mol. The molecule has 1 heterocycles. The predicted octanol–water partition coefficient (Wildman–Crippen LogP) is 3.72. The molecule has 1 aromatic heterocycles. The monoisotopic (exact) mass is 272 g/mol. The molecule has 0 fully saturated rings. The SMILES string of the molecule is CCc1csc(Sc2c(F)cc(N)cc2F)n1. The highest BCUT2D eigenvalue weighted by molar-refractivity contribution is 8.01. The number of aromatic nitrogens is 1. The van der Waals surface area contributed by atoms with Gasteiger partial charge in [0.15, 0.2) is 4.34 Å². The molecular weight excluding hydrogens is 262 g/mol. The van der Waals surface area contributed by atoms with Crippen LogP contribution in [0.5, 0.6) is 0 Å². The molecule has 0 aliphatic carbocycles. The first kappa shape index (κ1) is 12.3. The van der Waals surface area contributed by atoms with Crippen molar-refractivity contribution in [2.45, 2.75) is 22.6 Å². The fourth-order valence-electron chi connectivity index (χ4n) is 1.26. The van der Waals surface area contributed by atoms with Crippen molar-refractivity contribution in [2.75, 3.05) is 5.73 Å². The molecule has 2 rings (SSSR count). The van der Waals surface area contributed by atoms with E-state index in [1.165, 1.54) is 11.3 Å². The van der Waals surface area contributed by atoms with E-state index in [4.69, 9.17) is 5.73 Å². The Morgan fingerprint density at radius 2 is 2.00 bits per heavy atom. The molecule has 2 aromatic rings. The topological polar surface area (TPSA) is 38.9 Å². The van der Waals surface area contributed by atoms with Crippen molar-refractivity contribution in [1.29, 1.82) is 0 Å². The molecule has 6 heteroatoms. The Morgan fingerprint density at radius 3 is 2.53 bits per heavy atom. The van der Waals surface area contributed by atoms with Crippen molar-refractivity contribution < 1.29 is 8.78 Å². The Labute approximate surface area is 106 Å². The maximum atomic E-state index is 13.5. The van der Waals surface area contributed by atoms with Crippen LogP contribution in [0.25, 0.3) is 0 Å². The van der Waals surface area contributed by atoms with E-state index in [2.05, 4.69) is 4.98 Å². The quantitative estimate of drug-likeness (QED) is 0.866. The third kappa shape index (κ3) is 2.76. The van der Waals surface area contributed by atoms with Crippen LogP contribution >= 0.6 is 23.1 Å². The lowest BCUT2D eigenvalue weighted by Crippen LogP contribution is -1.93. The van der Waals surface area contributed by atoms with Gasteiger partial charge in [-0.15, -0.1) is 11.3 Å². The van der Waals surface area contributed by atoms with Gasteiger partial charge in [0.2, 0.25) is 0 Å². The molecule has 2 N–H and O–H groups in total. The van der Waals surface area contributed by atoms with Crippen LogP contribution in [-0.4, -0.2) is 4.98 Å². The van der Waals surface area contributed by atoms with E-state index in [9.17, 15) is 8.78 Å². The number of thiazole rings is 1. The fourth-order valence-corrected chi connectivity index (χ4v) is 3.13. The number of hydrogen-bond acceptors (Lipinski definition) is 4. The van der Waals surface area contributed by atoms with Gasteiger partial charge in [-0.05, 0) is 18.6 Å². The minimum absolute atomic E-state index is 0.0591. The first-order valence-corrected chi connectivity index (χ1v) is 6.66. The molecule has 0 atom stereocenters.